The monoisotopic (exact) mass is 475 g/mol. The minimum atomic E-state index is -0.384. The third kappa shape index (κ3) is 5.09. The summed E-state index contributed by atoms with van der Waals surface area (Å²) in [4.78, 5) is 27.7. The van der Waals surface area contributed by atoms with Crippen molar-refractivity contribution in [3.63, 3.8) is 0 Å². The highest BCUT2D eigenvalue weighted by molar-refractivity contribution is 9.10. The van der Waals surface area contributed by atoms with Gasteiger partial charge in [0.05, 0.1) is 18.2 Å². The summed E-state index contributed by atoms with van der Waals surface area (Å²) in [6, 6.07) is 15.1. The van der Waals surface area contributed by atoms with E-state index in [9.17, 15) is 9.59 Å². The van der Waals surface area contributed by atoms with Crippen LogP contribution in [0, 0.1) is 0 Å². The van der Waals surface area contributed by atoms with Gasteiger partial charge in [0.2, 0.25) is 5.91 Å². The normalized spacial score (nSPS) is 17.1. The number of rotatable bonds is 5. The molecular formula is C23H23BrClNO3. The molecule has 1 aliphatic rings. The second-order valence-electron chi connectivity index (χ2n) is 7.37. The molecule has 3 rings (SSSR count). The van der Waals surface area contributed by atoms with E-state index in [-0.39, 0.29) is 30.3 Å². The molecular weight excluding hydrogens is 454 g/mol. The smallest absolute Gasteiger partial charge is 0.336 e. The summed E-state index contributed by atoms with van der Waals surface area (Å²) in [5.41, 5.74) is 3.02. The van der Waals surface area contributed by atoms with Crippen LogP contribution in [0.5, 0.6) is 0 Å². The van der Waals surface area contributed by atoms with Crippen molar-refractivity contribution in [1.29, 1.82) is 0 Å². The predicted molar refractivity (Wildman–Crippen MR) is 117 cm³/mol. The molecule has 0 fully saturated rings. The molecule has 0 saturated heterocycles. The third-order valence-electron chi connectivity index (χ3n) is 4.91. The Labute approximate surface area is 184 Å². The van der Waals surface area contributed by atoms with Crippen molar-refractivity contribution in [3.8, 4) is 0 Å². The lowest BCUT2D eigenvalue weighted by Gasteiger charge is -2.35. The standard InChI is InChI=1S/C23H23BrClNO3/c1-14(2)29-23(28)22-15(3)26(13-16-4-8-18(24)9-5-16)21(27)12-20(22)17-6-10-19(25)11-7-17/h4-11,14,20H,12-13H2,1-3H3/t20-/m0/s1. The number of benzene rings is 2. The topological polar surface area (TPSA) is 46.6 Å². The Morgan fingerprint density at radius 2 is 1.79 bits per heavy atom. The van der Waals surface area contributed by atoms with Crippen LogP contribution in [-0.2, 0) is 20.9 Å². The second kappa shape index (κ2) is 9.14. The predicted octanol–water partition coefficient (Wildman–Crippen LogP) is 5.84. The van der Waals surface area contributed by atoms with Gasteiger partial charge >= 0.3 is 5.97 Å². The summed E-state index contributed by atoms with van der Waals surface area (Å²) in [6.45, 7) is 5.86. The Morgan fingerprint density at radius 3 is 2.38 bits per heavy atom. The first kappa shape index (κ1) is 21.6. The van der Waals surface area contributed by atoms with Gasteiger partial charge in [0.1, 0.15) is 0 Å². The second-order valence-corrected chi connectivity index (χ2v) is 8.72. The number of allylic oxidation sites excluding steroid dienone is 1. The van der Waals surface area contributed by atoms with Crippen molar-refractivity contribution < 1.29 is 14.3 Å². The van der Waals surface area contributed by atoms with Crippen LogP contribution in [0.3, 0.4) is 0 Å². The molecule has 1 amide bonds. The fourth-order valence-corrected chi connectivity index (χ4v) is 3.89. The molecule has 152 valence electrons. The number of amides is 1. The van der Waals surface area contributed by atoms with Gasteiger partial charge in [-0.2, -0.15) is 0 Å². The summed E-state index contributed by atoms with van der Waals surface area (Å²) < 4.78 is 6.49. The fraction of sp³-hybridized carbons (Fsp3) is 0.304. The molecule has 2 aromatic carbocycles. The molecule has 0 bridgehead atoms. The fourth-order valence-electron chi connectivity index (χ4n) is 3.50. The molecule has 2 aromatic rings. The summed E-state index contributed by atoms with van der Waals surface area (Å²) in [6.07, 6.45) is -0.0379. The van der Waals surface area contributed by atoms with Crippen LogP contribution in [0.2, 0.25) is 5.02 Å². The lowest BCUT2D eigenvalue weighted by atomic mass is 9.83. The van der Waals surface area contributed by atoms with Crippen molar-refractivity contribution in [2.24, 2.45) is 0 Å². The Kier molecular flexibility index (Phi) is 6.81. The van der Waals surface area contributed by atoms with Crippen LogP contribution >= 0.6 is 27.5 Å². The first-order valence-corrected chi connectivity index (χ1v) is 10.7. The third-order valence-corrected chi connectivity index (χ3v) is 5.69. The average Bonchev–Trinajstić information content (AvgIpc) is 2.66. The number of nitrogens with zero attached hydrogens (tertiary/aromatic N) is 1. The Balaban J connectivity index is 2.01. The highest BCUT2D eigenvalue weighted by atomic mass is 79.9. The molecule has 0 saturated carbocycles. The average molecular weight is 477 g/mol. The number of ether oxygens (including phenoxy) is 1. The quantitative estimate of drug-likeness (QED) is 0.509. The van der Waals surface area contributed by atoms with E-state index in [1.165, 1.54) is 0 Å². The highest BCUT2D eigenvalue weighted by Crippen LogP contribution is 2.38. The van der Waals surface area contributed by atoms with Crippen LogP contribution in [0.15, 0.2) is 64.3 Å². The molecule has 0 radical (unpaired) electrons. The lowest BCUT2D eigenvalue weighted by molar-refractivity contribution is -0.143. The van der Waals surface area contributed by atoms with E-state index in [4.69, 9.17) is 16.3 Å². The van der Waals surface area contributed by atoms with Gasteiger partial charge < -0.3 is 9.64 Å². The maximum Gasteiger partial charge on any atom is 0.336 e. The zero-order chi connectivity index (χ0) is 21.1. The van der Waals surface area contributed by atoms with E-state index >= 15 is 0 Å². The minimum Gasteiger partial charge on any atom is -0.460 e. The number of halogens is 2. The van der Waals surface area contributed by atoms with Crippen LogP contribution in [0.4, 0.5) is 0 Å². The van der Waals surface area contributed by atoms with Crippen molar-refractivity contribution in [1.82, 2.24) is 4.90 Å². The highest BCUT2D eigenvalue weighted by Gasteiger charge is 2.37. The molecule has 4 nitrogen and oxygen atoms in total. The van der Waals surface area contributed by atoms with E-state index in [0.717, 1.165) is 15.6 Å². The Bertz CT molecular complexity index is 936. The molecule has 0 N–H and O–H groups in total. The summed E-state index contributed by atoms with van der Waals surface area (Å²) in [5.74, 6) is -0.760. The molecule has 29 heavy (non-hydrogen) atoms. The van der Waals surface area contributed by atoms with E-state index in [0.29, 0.717) is 22.8 Å². The first-order valence-electron chi connectivity index (χ1n) is 9.48. The van der Waals surface area contributed by atoms with Crippen molar-refractivity contribution in [2.45, 2.75) is 45.8 Å². The van der Waals surface area contributed by atoms with Gasteiger partial charge in [0.25, 0.3) is 0 Å². The zero-order valence-corrected chi connectivity index (χ0v) is 19.0. The molecule has 1 aliphatic heterocycles. The van der Waals surface area contributed by atoms with Gasteiger partial charge in [0.15, 0.2) is 0 Å². The lowest BCUT2D eigenvalue weighted by Crippen LogP contribution is -2.38. The molecule has 0 aliphatic carbocycles. The van der Waals surface area contributed by atoms with Gasteiger partial charge in [-0.05, 0) is 56.2 Å². The molecule has 0 aromatic heterocycles. The van der Waals surface area contributed by atoms with Gasteiger partial charge in [-0.1, -0.05) is 51.8 Å². The van der Waals surface area contributed by atoms with Gasteiger partial charge in [0, 0.05) is 27.5 Å². The van der Waals surface area contributed by atoms with E-state index in [1.54, 1.807) is 17.0 Å². The maximum absolute atomic E-state index is 13.0. The minimum absolute atomic E-state index is 0.0218. The molecule has 1 atom stereocenters. The molecule has 6 heteroatoms. The van der Waals surface area contributed by atoms with Crippen LogP contribution in [0.25, 0.3) is 0 Å². The van der Waals surface area contributed by atoms with E-state index in [2.05, 4.69) is 15.9 Å². The first-order chi connectivity index (χ1) is 13.8. The van der Waals surface area contributed by atoms with Gasteiger partial charge in [-0.15, -0.1) is 0 Å². The Morgan fingerprint density at radius 1 is 1.17 bits per heavy atom. The molecule has 0 unspecified atom stereocenters. The number of esters is 1. The number of carbonyl (C=O) groups excluding carboxylic acids is 2. The van der Waals surface area contributed by atoms with Crippen LogP contribution in [-0.4, -0.2) is 22.9 Å². The van der Waals surface area contributed by atoms with Crippen molar-refractivity contribution in [2.75, 3.05) is 0 Å². The molecule has 1 heterocycles. The Hall–Kier alpha value is -2.11. The summed E-state index contributed by atoms with van der Waals surface area (Å²) in [5, 5.41) is 0.611. The summed E-state index contributed by atoms with van der Waals surface area (Å²) >= 11 is 9.44. The van der Waals surface area contributed by atoms with Crippen LogP contribution < -0.4 is 0 Å². The van der Waals surface area contributed by atoms with Crippen LogP contribution in [0.1, 0.15) is 44.2 Å². The number of carbonyl (C=O) groups is 2. The maximum atomic E-state index is 13.0. The SMILES string of the molecule is CC1=C(C(=O)OC(C)C)[C@H](c2ccc(Cl)cc2)CC(=O)N1Cc1ccc(Br)cc1. The van der Waals surface area contributed by atoms with Gasteiger partial charge in [-0.3, -0.25) is 4.79 Å². The number of hydrogen-bond acceptors (Lipinski definition) is 3. The summed E-state index contributed by atoms with van der Waals surface area (Å²) in [7, 11) is 0. The zero-order valence-electron chi connectivity index (χ0n) is 16.6. The van der Waals surface area contributed by atoms with E-state index < -0.39 is 0 Å². The van der Waals surface area contributed by atoms with Crippen molar-refractivity contribution in [3.05, 3.63) is 80.4 Å². The van der Waals surface area contributed by atoms with Crippen molar-refractivity contribution >= 4 is 39.4 Å². The largest absolute Gasteiger partial charge is 0.460 e. The van der Waals surface area contributed by atoms with E-state index in [1.807, 2.05) is 57.2 Å². The molecule has 0 spiro atoms. The van der Waals surface area contributed by atoms with Gasteiger partial charge in [-0.25, -0.2) is 4.79 Å². The number of hydrogen-bond donors (Lipinski definition) is 0.